The number of halogens is 1. The highest BCUT2D eigenvalue weighted by Crippen LogP contribution is 2.28. The zero-order chi connectivity index (χ0) is 11.4. The molecular formula is C13H19FN2. The highest BCUT2D eigenvalue weighted by atomic mass is 19.1. The highest BCUT2D eigenvalue weighted by molar-refractivity contribution is 5.17. The van der Waals surface area contributed by atoms with Crippen LogP contribution in [0.1, 0.15) is 31.2 Å². The summed E-state index contributed by atoms with van der Waals surface area (Å²) in [7, 11) is 0. The molecule has 3 N–H and O–H groups in total. The van der Waals surface area contributed by atoms with Crippen molar-refractivity contribution in [3.8, 4) is 0 Å². The van der Waals surface area contributed by atoms with Crippen molar-refractivity contribution in [3.63, 3.8) is 0 Å². The number of rotatable bonds is 4. The number of nitrogens with one attached hydrogen (secondary N) is 1. The molecule has 0 bridgehead atoms. The van der Waals surface area contributed by atoms with E-state index in [4.69, 9.17) is 5.84 Å². The Hall–Kier alpha value is -0.930. The zero-order valence-corrected chi connectivity index (χ0v) is 9.45. The summed E-state index contributed by atoms with van der Waals surface area (Å²) in [4.78, 5) is 0. The number of nitrogens with two attached hydrogens (primary N) is 1. The molecule has 1 aromatic rings. The first-order valence-corrected chi connectivity index (χ1v) is 6.00. The summed E-state index contributed by atoms with van der Waals surface area (Å²) in [5, 5.41) is 0. The van der Waals surface area contributed by atoms with Crippen molar-refractivity contribution in [2.45, 2.75) is 38.1 Å². The van der Waals surface area contributed by atoms with Crippen molar-refractivity contribution in [2.75, 3.05) is 0 Å². The molecule has 2 nitrogen and oxygen atoms in total. The van der Waals surface area contributed by atoms with Crippen molar-refractivity contribution < 1.29 is 4.39 Å². The Labute approximate surface area is 96.0 Å². The number of hydrogen-bond acceptors (Lipinski definition) is 2. The van der Waals surface area contributed by atoms with Crippen LogP contribution in [-0.2, 0) is 6.42 Å². The summed E-state index contributed by atoms with van der Waals surface area (Å²) >= 11 is 0. The second-order valence-corrected chi connectivity index (χ2v) is 4.65. The monoisotopic (exact) mass is 222 g/mol. The van der Waals surface area contributed by atoms with Crippen LogP contribution in [0, 0.1) is 11.7 Å². The Morgan fingerprint density at radius 3 is 2.75 bits per heavy atom. The summed E-state index contributed by atoms with van der Waals surface area (Å²) in [6, 6.07) is 7.07. The predicted molar refractivity (Wildman–Crippen MR) is 63.2 cm³/mol. The lowest BCUT2D eigenvalue weighted by molar-refractivity contribution is 0.361. The van der Waals surface area contributed by atoms with Gasteiger partial charge >= 0.3 is 0 Å². The van der Waals surface area contributed by atoms with E-state index in [1.807, 2.05) is 6.07 Å². The maximum Gasteiger partial charge on any atom is 0.123 e. The third-order valence-corrected chi connectivity index (χ3v) is 3.53. The van der Waals surface area contributed by atoms with Gasteiger partial charge in [0.05, 0.1) is 0 Å². The van der Waals surface area contributed by atoms with Crippen LogP contribution in [0.25, 0.3) is 0 Å². The molecule has 0 spiro atoms. The lowest BCUT2D eigenvalue weighted by atomic mass is 9.93. The highest BCUT2D eigenvalue weighted by Gasteiger charge is 2.24. The lowest BCUT2D eigenvalue weighted by Crippen LogP contribution is -2.41. The molecule has 2 rings (SSSR count). The first-order chi connectivity index (χ1) is 7.79. The van der Waals surface area contributed by atoms with Gasteiger partial charge in [-0.25, -0.2) is 4.39 Å². The Kier molecular flexibility index (Phi) is 3.91. The van der Waals surface area contributed by atoms with Gasteiger partial charge in [0, 0.05) is 6.04 Å². The second-order valence-electron chi connectivity index (χ2n) is 4.65. The average molecular weight is 222 g/mol. The third-order valence-electron chi connectivity index (χ3n) is 3.53. The Balaban J connectivity index is 2.00. The van der Waals surface area contributed by atoms with E-state index in [-0.39, 0.29) is 11.9 Å². The first kappa shape index (κ1) is 11.6. The van der Waals surface area contributed by atoms with E-state index >= 15 is 0 Å². The van der Waals surface area contributed by atoms with Gasteiger partial charge in [-0.2, -0.15) is 0 Å². The fourth-order valence-electron chi connectivity index (χ4n) is 2.64. The zero-order valence-electron chi connectivity index (χ0n) is 9.45. The van der Waals surface area contributed by atoms with Crippen LogP contribution < -0.4 is 11.3 Å². The average Bonchev–Trinajstić information content (AvgIpc) is 2.79. The van der Waals surface area contributed by atoms with Crippen LogP contribution >= 0.6 is 0 Å². The van der Waals surface area contributed by atoms with Gasteiger partial charge in [0.15, 0.2) is 0 Å². The van der Waals surface area contributed by atoms with Crippen molar-refractivity contribution in [1.82, 2.24) is 5.43 Å². The molecule has 0 aromatic heterocycles. The normalized spacial score (nSPS) is 18.9. The van der Waals surface area contributed by atoms with E-state index in [0.717, 1.165) is 12.0 Å². The molecule has 1 fully saturated rings. The van der Waals surface area contributed by atoms with Crippen molar-refractivity contribution in [1.29, 1.82) is 0 Å². The third kappa shape index (κ3) is 2.80. The molecule has 0 aliphatic heterocycles. The minimum absolute atomic E-state index is 0.167. The molecular weight excluding hydrogens is 203 g/mol. The van der Waals surface area contributed by atoms with Gasteiger partial charge in [-0.3, -0.25) is 11.3 Å². The predicted octanol–water partition coefficient (Wildman–Crippen LogP) is 2.39. The summed E-state index contributed by atoms with van der Waals surface area (Å²) in [6.07, 6.45) is 5.89. The van der Waals surface area contributed by atoms with Gasteiger partial charge in [0.25, 0.3) is 0 Å². The van der Waals surface area contributed by atoms with Crippen LogP contribution in [0.2, 0.25) is 0 Å². The molecule has 1 aliphatic carbocycles. The fraction of sp³-hybridized carbons (Fsp3) is 0.538. The van der Waals surface area contributed by atoms with E-state index in [2.05, 4.69) is 5.43 Å². The summed E-state index contributed by atoms with van der Waals surface area (Å²) in [5.41, 5.74) is 3.91. The smallest absolute Gasteiger partial charge is 0.123 e. The SMILES string of the molecule is NNC(Cc1cccc(F)c1)C1CCCC1. The molecule has 0 heterocycles. The van der Waals surface area contributed by atoms with Crippen molar-refractivity contribution >= 4 is 0 Å². The standard InChI is InChI=1S/C13H19FN2/c14-12-7-3-4-10(8-12)9-13(16-15)11-5-1-2-6-11/h3-4,7-8,11,13,16H,1-2,5-6,9,15H2. The maximum absolute atomic E-state index is 13.0. The molecule has 1 saturated carbocycles. The Morgan fingerprint density at radius 1 is 1.38 bits per heavy atom. The van der Waals surface area contributed by atoms with Crippen LogP contribution in [0.5, 0.6) is 0 Å². The topological polar surface area (TPSA) is 38.0 Å². The van der Waals surface area contributed by atoms with E-state index in [9.17, 15) is 4.39 Å². The van der Waals surface area contributed by atoms with E-state index in [1.165, 1.54) is 31.7 Å². The molecule has 1 aliphatic rings. The van der Waals surface area contributed by atoms with Gasteiger partial charge in [0.1, 0.15) is 5.82 Å². The largest absolute Gasteiger partial charge is 0.271 e. The van der Waals surface area contributed by atoms with Gasteiger partial charge < -0.3 is 0 Å². The summed E-state index contributed by atoms with van der Waals surface area (Å²) in [5.74, 6) is 6.07. The number of hydrazine groups is 1. The second kappa shape index (κ2) is 5.41. The molecule has 0 saturated heterocycles. The maximum atomic E-state index is 13.0. The minimum atomic E-state index is -0.167. The van der Waals surface area contributed by atoms with E-state index < -0.39 is 0 Å². The summed E-state index contributed by atoms with van der Waals surface area (Å²) < 4.78 is 13.0. The van der Waals surface area contributed by atoms with E-state index in [1.54, 1.807) is 12.1 Å². The van der Waals surface area contributed by atoms with Gasteiger partial charge in [-0.05, 0) is 42.9 Å². The minimum Gasteiger partial charge on any atom is -0.271 e. The first-order valence-electron chi connectivity index (χ1n) is 6.00. The fourth-order valence-corrected chi connectivity index (χ4v) is 2.64. The quantitative estimate of drug-likeness (QED) is 0.606. The van der Waals surface area contributed by atoms with Gasteiger partial charge in [-0.1, -0.05) is 25.0 Å². The van der Waals surface area contributed by atoms with E-state index in [0.29, 0.717) is 5.92 Å². The molecule has 16 heavy (non-hydrogen) atoms. The van der Waals surface area contributed by atoms with Crippen LogP contribution in [0.4, 0.5) is 4.39 Å². The Morgan fingerprint density at radius 2 is 2.12 bits per heavy atom. The summed E-state index contributed by atoms with van der Waals surface area (Å²) in [6.45, 7) is 0. The molecule has 1 atom stereocenters. The molecule has 0 amide bonds. The van der Waals surface area contributed by atoms with Crippen LogP contribution in [0.3, 0.4) is 0 Å². The molecule has 3 heteroatoms. The van der Waals surface area contributed by atoms with Crippen molar-refractivity contribution in [2.24, 2.45) is 11.8 Å². The Bertz CT molecular complexity index is 334. The van der Waals surface area contributed by atoms with Gasteiger partial charge in [0.2, 0.25) is 0 Å². The van der Waals surface area contributed by atoms with Gasteiger partial charge in [-0.15, -0.1) is 0 Å². The number of benzene rings is 1. The van der Waals surface area contributed by atoms with Crippen LogP contribution in [0.15, 0.2) is 24.3 Å². The van der Waals surface area contributed by atoms with Crippen molar-refractivity contribution in [3.05, 3.63) is 35.6 Å². The number of hydrogen-bond donors (Lipinski definition) is 2. The lowest BCUT2D eigenvalue weighted by Gasteiger charge is -2.22. The molecule has 0 radical (unpaired) electrons. The molecule has 1 unspecified atom stereocenters. The van der Waals surface area contributed by atoms with Crippen LogP contribution in [-0.4, -0.2) is 6.04 Å². The molecule has 1 aromatic carbocycles. The molecule has 88 valence electrons.